The van der Waals surface area contributed by atoms with Crippen LogP contribution in [0.4, 0.5) is 0 Å². The van der Waals surface area contributed by atoms with Gasteiger partial charge >= 0.3 is 11.5 Å². The Balaban J connectivity index is 2.96. The lowest BCUT2D eigenvalue weighted by atomic mass is 9.79. The van der Waals surface area contributed by atoms with E-state index in [1.807, 2.05) is 13.8 Å². The zero-order valence-corrected chi connectivity index (χ0v) is 10.2. The normalized spacial score (nSPS) is 24.4. The first-order chi connectivity index (χ1) is 7.94. The lowest BCUT2D eigenvalue weighted by Crippen LogP contribution is -2.49. The second-order valence-corrected chi connectivity index (χ2v) is 4.41. The van der Waals surface area contributed by atoms with Crippen LogP contribution in [0.15, 0.2) is 23.8 Å². The van der Waals surface area contributed by atoms with Gasteiger partial charge < -0.3 is 4.74 Å². The summed E-state index contributed by atoms with van der Waals surface area (Å²) in [6.45, 7) is 7.19. The number of nitrogens with zero attached hydrogens (tertiary/aromatic N) is 1. The molecule has 0 saturated heterocycles. The molecule has 5 heteroatoms. The molecule has 1 atom stereocenters. The number of ether oxygens (including phenoxy) is 1. The standard InChI is InChI=1S/C12H17NO4/c1-4-7-17-11(14)12(13(15)16)6-5-9(2)10(3)8-12/h4H,1,5-8H2,2-3H3. The zero-order chi connectivity index (χ0) is 13.1. The third-order valence-corrected chi connectivity index (χ3v) is 3.26. The molecule has 1 rings (SSSR count). The molecule has 0 aromatic carbocycles. The average molecular weight is 239 g/mol. The lowest BCUT2D eigenvalue weighted by Gasteiger charge is -2.28. The smallest absolute Gasteiger partial charge is 0.385 e. The minimum Gasteiger partial charge on any atom is -0.456 e. The van der Waals surface area contributed by atoms with Gasteiger partial charge in [-0.25, -0.2) is 4.79 Å². The fraction of sp³-hybridized carbons (Fsp3) is 0.583. The Hall–Kier alpha value is -1.65. The fourth-order valence-electron chi connectivity index (χ4n) is 1.96. The van der Waals surface area contributed by atoms with Gasteiger partial charge in [-0.05, 0) is 20.3 Å². The number of allylic oxidation sites excluding steroid dienone is 1. The maximum atomic E-state index is 11.8. The first kappa shape index (κ1) is 13.4. The number of esters is 1. The van der Waals surface area contributed by atoms with Crippen molar-refractivity contribution in [3.05, 3.63) is 33.9 Å². The summed E-state index contributed by atoms with van der Waals surface area (Å²) in [5, 5.41) is 11.2. The molecule has 0 aromatic heterocycles. The topological polar surface area (TPSA) is 69.4 Å². The molecule has 0 amide bonds. The molecule has 17 heavy (non-hydrogen) atoms. The van der Waals surface area contributed by atoms with Gasteiger partial charge in [-0.15, -0.1) is 0 Å². The van der Waals surface area contributed by atoms with Crippen LogP contribution in [0.25, 0.3) is 0 Å². The first-order valence-electron chi connectivity index (χ1n) is 5.52. The Kier molecular flexibility index (Phi) is 4.04. The van der Waals surface area contributed by atoms with Crippen molar-refractivity contribution in [1.29, 1.82) is 0 Å². The summed E-state index contributed by atoms with van der Waals surface area (Å²) in [6, 6.07) is 0. The van der Waals surface area contributed by atoms with Gasteiger partial charge in [0.15, 0.2) is 0 Å². The summed E-state index contributed by atoms with van der Waals surface area (Å²) >= 11 is 0. The summed E-state index contributed by atoms with van der Waals surface area (Å²) in [6.07, 6.45) is 2.32. The lowest BCUT2D eigenvalue weighted by molar-refractivity contribution is -0.556. The van der Waals surface area contributed by atoms with E-state index < -0.39 is 16.4 Å². The predicted octanol–water partition coefficient (Wildman–Crippen LogP) is 2.25. The second kappa shape index (κ2) is 5.12. The quantitative estimate of drug-likeness (QED) is 0.326. The number of rotatable bonds is 4. The van der Waals surface area contributed by atoms with Crippen LogP contribution in [-0.4, -0.2) is 23.0 Å². The predicted molar refractivity (Wildman–Crippen MR) is 63.1 cm³/mol. The van der Waals surface area contributed by atoms with E-state index in [0.717, 1.165) is 11.1 Å². The molecule has 94 valence electrons. The molecule has 1 aliphatic carbocycles. The second-order valence-electron chi connectivity index (χ2n) is 4.41. The van der Waals surface area contributed by atoms with Crippen LogP contribution in [0.1, 0.15) is 33.1 Å². The van der Waals surface area contributed by atoms with Gasteiger partial charge in [-0.3, -0.25) is 10.1 Å². The highest BCUT2D eigenvalue weighted by Gasteiger charge is 2.53. The molecule has 0 heterocycles. The number of carbonyl (C=O) groups is 1. The number of carbonyl (C=O) groups excluding carboxylic acids is 1. The van der Waals surface area contributed by atoms with Crippen molar-refractivity contribution in [2.24, 2.45) is 0 Å². The van der Waals surface area contributed by atoms with Crippen LogP contribution in [0.3, 0.4) is 0 Å². The molecule has 1 unspecified atom stereocenters. The van der Waals surface area contributed by atoms with Crippen molar-refractivity contribution in [3.63, 3.8) is 0 Å². The van der Waals surface area contributed by atoms with Crippen LogP contribution in [0.2, 0.25) is 0 Å². The van der Waals surface area contributed by atoms with Crippen LogP contribution < -0.4 is 0 Å². The number of hydrogen-bond donors (Lipinski definition) is 0. The third kappa shape index (κ3) is 2.54. The van der Waals surface area contributed by atoms with Gasteiger partial charge in [0.2, 0.25) is 0 Å². The van der Waals surface area contributed by atoms with Crippen molar-refractivity contribution in [3.8, 4) is 0 Å². The molecule has 1 aliphatic rings. The Labute approximate surface area is 100 Å². The Bertz CT molecular complexity index is 386. The van der Waals surface area contributed by atoms with Crippen molar-refractivity contribution in [2.75, 3.05) is 6.61 Å². The maximum Gasteiger partial charge on any atom is 0.385 e. The Morgan fingerprint density at radius 2 is 2.24 bits per heavy atom. The summed E-state index contributed by atoms with van der Waals surface area (Å²) in [7, 11) is 0. The van der Waals surface area contributed by atoms with E-state index in [1.54, 1.807) is 0 Å². The molecule has 5 nitrogen and oxygen atoms in total. The molecule has 0 aliphatic heterocycles. The van der Waals surface area contributed by atoms with Crippen molar-refractivity contribution in [2.45, 2.75) is 38.6 Å². The van der Waals surface area contributed by atoms with Crippen molar-refractivity contribution < 1.29 is 14.5 Å². The summed E-state index contributed by atoms with van der Waals surface area (Å²) in [5.74, 6) is -0.755. The van der Waals surface area contributed by atoms with Gasteiger partial charge in [0.05, 0.1) is 6.42 Å². The molecule has 0 bridgehead atoms. The first-order valence-corrected chi connectivity index (χ1v) is 5.52. The minimum absolute atomic E-state index is 0.0101. The van der Waals surface area contributed by atoms with Crippen LogP contribution in [0.5, 0.6) is 0 Å². The van der Waals surface area contributed by atoms with Gasteiger partial charge in [0, 0.05) is 11.3 Å². The van der Waals surface area contributed by atoms with E-state index >= 15 is 0 Å². The van der Waals surface area contributed by atoms with E-state index in [1.165, 1.54) is 6.08 Å². The summed E-state index contributed by atoms with van der Waals surface area (Å²) < 4.78 is 4.86. The van der Waals surface area contributed by atoms with Gasteiger partial charge in [0.25, 0.3) is 0 Å². The summed E-state index contributed by atoms with van der Waals surface area (Å²) in [4.78, 5) is 22.5. The monoisotopic (exact) mass is 239 g/mol. The molecule has 0 spiro atoms. The van der Waals surface area contributed by atoms with Crippen LogP contribution >= 0.6 is 0 Å². The molecular weight excluding hydrogens is 222 g/mol. The SMILES string of the molecule is C=CCOC(=O)C1([N+](=O)[O-])CCC(C)=C(C)C1. The van der Waals surface area contributed by atoms with E-state index in [0.29, 0.717) is 6.42 Å². The maximum absolute atomic E-state index is 11.8. The average Bonchev–Trinajstić information content (AvgIpc) is 2.29. The van der Waals surface area contributed by atoms with E-state index in [2.05, 4.69) is 6.58 Å². The molecular formula is C12H17NO4. The molecule has 0 radical (unpaired) electrons. The molecule has 0 aromatic rings. The molecule has 0 fully saturated rings. The number of hydrogen-bond acceptors (Lipinski definition) is 4. The van der Waals surface area contributed by atoms with Crippen molar-refractivity contribution >= 4 is 5.97 Å². The van der Waals surface area contributed by atoms with E-state index in [9.17, 15) is 14.9 Å². The largest absolute Gasteiger partial charge is 0.456 e. The minimum atomic E-state index is -1.60. The van der Waals surface area contributed by atoms with Crippen molar-refractivity contribution in [1.82, 2.24) is 0 Å². The van der Waals surface area contributed by atoms with Gasteiger partial charge in [-0.1, -0.05) is 23.8 Å². The van der Waals surface area contributed by atoms with Gasteiger partial charge in [0.1, 0.15) is 6.61 Å². The Morgan fingerprint density at radius 3 is 2.71 bits per heavy atom. The molecule has 0 N–H and O–H groups in total. The van der Waals surface area contributed by atoms with E-state index in [-0.39, 0.29) is 19.4 Å². The van der Waals surface area contributed by atoms with Crippen LogP contribution in [0, 0.1) is 10.1 Å². The highest BCUT2D eigenvalue weighted by atomic mass is 16.6. The third-order valence-electron chi connectivity index (χ3n) is 3.26. The number of nitro groups is 1. The fourth-order valence-corrected chi connectivity index (χ4v) is 1.96. The van der Waals surface area contributed by atoms with E-state index in [4.69, 9.17) is 4.74 Å². The summed E-state index contributed by atoms with van der Waals surface area (Å²) in [5.41, 5.74) is 0.426. The zero-order valence-electron chi connectivity index (χ0n) is 10.2. The highest BCUT2D eigenvalue weighted by molar-refractivity contribution is 5.80. The van der Waals surface area contributed by atoms with Crippen LogP contribution in [-0.2, 0) is 9.53 Å². The highest BCUT2D eigenvalue weighted by Crippen LogP contribution is 2.35. The van der Waals surface area contributed by atoms with Gasteiger partial charge in [-0.2, -0.15) is 0 Å². The molecule has 0 saturated carbocycles. The Morgan fingerprint density at radius 1 is 1.59 bits per heavy atom.